The van der Waals surface area contributed by atoms with Crippen molar-refractivity contribution in [2.75, 3.05) is 13.6 Å². The summed E-state index contributed by atoms with van der Waals surface area (Å²) in [7, 11) is 1.65. The molecule has 2 N–H and O–H groups in total. The fourth-order valence-electron chi connectivity index (χ4n) is 4.55. The Kier molecular flexibility index (Phi) is 7.97. The number of carbonyl (C=O) groups is 4. The second-order valence-corrected chi connectivity index (χ2v) is 9.51. The van der Waals surface area contributed by atoms with Crippen LogP contribution >= 0.6 is 23.2 Å². The first-order valence-corrected chi connectivity index (χ1v) is 12.6. The maximum Gasteiger partial charge on any atom is 0.265 e. The normalized spacial score (nSPS) is 21.1. The summed E-state index contributed by atoms with van der Waals surface area (Å²) in [5, 5.41) is 8.97. The lowest BCUT2D eigenvalue weighted by Crippen LogP contribution is -2.64. The van der Waals surface area contributed by atoms with Crippen LogP contribution in [0.3, 0.4) is 0 Å². The number of carbonyl (C=O) groups excluding carboxylic acids is 4. The zero-order valence-corrected chi connectivity index (χ0v) is 21.4. The predicted octanol–water partition coefficient (Wildman–Crippen LogP) is 2.84. The maximum atomic E-state index is 13.3. The van der Waals surface area contributed by atoms with Gasteiger partial charge in [0.2, 0.25) is 17.6 Å². The molecule has 2 aliphatic heterocycles. The summed E-state index contributed by atoms with van der Waals surface area (Å²) in [5.41, 5.74) is 0.412. The van der Waals surface area contributed by atoms with E-state index in [9.17, 15) is 19.2 Å². The number of amides is 3. The lowest BCUT2D eigenvalue weighted by atomic mass is 10.0. The zero-order valence-electron chi connectivity index (χ0n) is 19.9. The first-order chi connectivity index (χ1) is 17.3. The number of Topliss-reactive ketones (excluding diaryl/α,β-unsaturated/α-hetero) is 1. The highest BCUT2D eigenvalue weighted by molar-refractivity contribution is 6.39. The van der Waals surface area contributed by atoms with Crippen LogP contribution in [0.2, 0.25) is 10.0 Å². The number of nitrogens with one attached hydrogen (secondary N) is 2. The summed E-state index contributed by atoms with van der Waals surface area (Å²) < 4.78 is 5.66. The van der Waals surface area contributed by atoms with Gasteiger partial charge in [-0.1, -0.05) is 36.2 Å². The second kappa shape index (κ2) is 11.0. The van der Waals surface area contributed by atoms with Gasteiger partial charge in [-0.15, -0.1) is 0 Å². The van der Waals surface area contributed by atoms with Crippen LogP contribution in [0.5, 0.6) is 0 Å². The van der Waals surface area contributed by atoms with E-state index in [0.29, 0.717) is 41.4 Å². The molecule has 4 rings (SSSR count). The van der Waals surface area contributed by atoms with Crippen molar-refractivity contribution in [1.82, 2.24) is 25.6 Å². The summed E-state index contributed by atoms with van der Waals surface area (Å²) in [4.78, 5) is 56.4. The van der Waals surface area contributed by atoms with E-state index < -0.39 is 29.8 Å². The Morgan fingerprint density at radius 1 is 1.22 bits per heavy atom. The molecular formula is C24H27Cl2N5O5. The van der Waals surface area contributed by atoms with Crippen molar-refractivity contribution in [3.05, 3.63) is 40.3 Å². The largest absolute Gasteiger partial charge is 0.434 e. The van der Waals surface area contributed by atoms with Gasteiger partial charge in [-0.2, -0.15) is 0 Å². The van der Waals surface area contributed by atoms with E-state index in [0.717, 1.165) is 0 Å². The highest BCUT2D eigenvalue weighted by Gasteiger charge is 2.44. The SMILES string of the molecule is CCC(NC(=O)C1CCCN2C(=O)CCC(NC)C(=O)N12)C(=O)c1ncc(-c2c(Cl)cccc2Cl)o1. The van der Waals surface area contributed by atoms with Gasteiger partial charge in [-0.3, -0.25) is 24.2 Å². The number of benzene rings is 1. The third-order valence-corrected chi connectivity index (χ3v) is 7.11. The number of fused-ring (bicyclic) bond motifs is 1. The summed E-state index contributed by atoms with van der Waals surface area (Å²) in [6, 6.07) is 2.55. The van der Waals surface area contributed by atoms with Gasteiger partial charge in [-0.05, 0) is 44.9 Å². The number of hydrazine groups is 1. The molecule has 1 aromatic carbocycles. The van der Waals surface area contributed by atoms with Crippen LogP contribution < -0.4 is 10.6 Å². The van der Waals surface area contributed by atoms with Crippen molar-refractivity contribution in [2.24, 2.45) is 0 Å². The fourth-order valence-corrected chi connectivity index (χ4v) is 5.13. The maximum absolute atomic E-state index is 13.3. The molecular weight excluding hydrogens is 509 g/mol. The molecule has 10 nitrogen and oxygen atoms in total. The molecule has 12 heteroatoms. The summed E-state index contributed by atoms with van der Waals surface area (Å²) >= 11 is 12.5. The monoisotopic (exact) mass is 535 g/mol. The summed E-state index contributed by atoms with van der Waals surface area (Å²) in [6.07, 6.45) is 3.11. The van der Waals surface area contributed by atoms with Gasteiger partial charge < -0.3 is 15.1 Å². The van der Waals surface area contributed by atoms with E-state index in [2.05, 4.69) is 15.6 Å². The second-order valence-electron chi connectivity index (χ2n) is 8.70. The first-order valence-electron chi connectivity index (χ1n) is 11.8. The standard InChI is InChI=1S/C24H27Cl2N5O5/c1-3-15(21(33)23-28-12-18(36-23)20-13(25)6-4-7-14(20)26)29-22(34)17-8-5-11-30-19(32)10-9-16(27-2)24(35)31(17)30/h4,6-7,12,15-17,27H,3,5,8-11H2,1-2H3,(H,29,34). The molecule has 192 valence electrons. The predicted molar refractivity (Wildman–Crippen MR) is 132 cm³/mol. The van der Waals surface area contributed by atoms with Crippen LogP contribution in [0, 0.1) is 0 Å². The molecule has 1 aromatic heterocycles. The highest BCUT2D eigenvalue weighted by atomic mass is 35.5. The fraction of sp³-hybridized carbons (Fsp3) is 0.458. The smallest absolute Gasteiger partial charge is 0.265 e. The van der Waals surface area contributed by atoms with Crippen molar-refractivity contribution in [1.29, 1.82) is 0 Å². The Balaban J connectivity index is 1.53. The van der Waals surface area contributed by atoms with Crippen molar-refractivity contribution < 1.29 is 23.6 Å². The molecule has 3 amide bonds. The third-order valence-electron chi connectivity index (χ3n) is 6.48. The number of rotatable bonds is 7. The van der Waals surface area contributed by atoms with Gasteiger partial charge in [0.05, 0.1) is 33.9 Å². The molecule has 0 radical (unpaired) electrons. The highest BCUT2D eigenvalue weighted by Crippen LogP contribution is 2.35. The molecule has 3 heterocycles. The van der Waals surface area contributed by atoms with Gasteiger partial charge in [0.15, 0.2) is 5.76 Å². The molecule has 2 aromatic rings. The number of hydrogen-bond acceptors (Lipinski definition) is 7. The van der Waals surface area contributed by atoms with Crippen molar-refractivity contribution >= 4 is 46.7 Å². The van der Waals surface area contributed by atoms with Crippen molar-refractivity contribution in [2.45, 2.75) is 57.2 Å². The average molecular weight is 536 g/mol. The average Bonchev–Trinajstić information content (AvgIpc) is 3.31. The van der Waals surface area contributed by atoms with Crippen LogP contribution in [-0.4, -0.2) is 70.2 Å². The van der Waals surface area contributed by atoms with E-state index >= 15 is 0 Å². The quantitative estimate of drug-likeness (QED) is 0.522. The lowest BCUT2D eigenvalue weighted by molar-refractivity contribution is -0.176. The molecule has 2 saturated heterocycles. The minimum Gasteiger partial charge on any atom is -0.434 e. The minimum atomic E-state index is -0.945. The lowest BCUT2D eigenvalue weighted by Gasteiger charge is -2.43. The third kappa shape index (κ3) is 4.98. The number of nitrogens with zero attached hydrogens (tertiary/aromatic N) is 3. The number of halogens is 2. The molecule has 3 unspecified atom stereocenters. The van der Waals surface area contributed by atoms with Gasteiger partial charge in [0.1, 0.15) is 6.04 Å². The molecule has 36 heavy (non-hydrogen) atoms. The van der Waals surface area contributed by atoms with E-state index in [1.54, 1.807) is 32.2 Å². The Morgan fingerprint density at radius 2 is 1.94 bits per heavy atom. The number of hydrogen-bond donors (Lipinski definition) is 2. The van der Waals surface area contributed by atoms with Crippen LogP contribution in [0.15, 0.2) is 28.8 Å². The van der Waals surface area contributed by atoms with Gasteiger partial charge in [0, 0.05) is 13.0 Å². The zero-order chi connectivity index (χ0) is 26.0. The van der Waals surface area contributed by atoms with Gasteiger partial charge >= 0.3 is 0 Å². The molecule has 3 atom stereocenters. The van der Waals surface area contributed by atoms with Crippen LogP contribution in [-0.2, 0) is 14.4 Å². The number of likely N-dealkylation sites (N-methyl/N-ethyl adjacent to an activating group) is 1. The summed E-state index contributed by atoms with van der Waals surface area (Å²) in [6.45, 7) is 2.10. The Morgan fingerprint density at radius 3 is 2.61 bits per heavy atom. The molecule has 2 aliphatic rings. The molecule has 0 bridgehead atoms. The van der Waals surface area contributed by atoms with Crippen molar-refractivity contribution in [3.8, 4) is 11.3 Å². The van der Waals surface area contributed by atoms with E-state index in [4.69, 9.17) is 27.6 Å². The van der Waals surface area contributed by atoms with Crippen molar-refractivity contribution in [3.63, 3.8) is 0 Å². The number of aromatic nitrogens is 1. The van der Waals surface area contributed by atoms with Crippen LogP contribution in [0.4, 0.5) is 0 Å². The molecule has 0 spiro atoms. The molecule has 0 saturated carbocycles. The van der Waals surface area contributed by atoms with E-state index in [1.165, 1.54) is 16.2 Å². The number of oxazole rings is 1. The van der Waals surface area contributed by atoms with E-state index in [1.807, 2.05) is 0 Å². The Hall–Kier alpha value is -2.95. The topological polar surface area (TPSA) is 125 Å². The van der Waals surface area contributed by atoms with Gasteiger partial charge in [0.25, 0.3) is 11.8 Å². The first kappa shape index (κ1) is 26.1. The van der Waals surface area contributed by atoms with Gasteiger partial charge in [-0.25, -0.2) is 9.99 Å². The number of ketones is 1. The van der Waals surface area contributed by atoms with Crippen LogP contribution in [0.25, 0.3) is 11.3 Å². The minimum absolute atomic E-state index is 0.199. The molecule has 0 aliphatic carbocycles. The van der Waals surface area contributed by atoms with E-state index in [-0.39, 0.29) is 36.3 Å². The Bertz CT molecular complexity index is 1170. The van der Waals surface area contributed by atoms with Crippen LogP contribution in [0.1, 0.15) is 49.7 Å². The Labute approximate surface area is 218 Å². The molecule has 2 fully saturated rings. The summed E-state index contributed by atoms with van der Waals surface area (Å²) in [5.74, 6) is -1.55.